The van der Waals surface area contributed by atoms with Crippen molar-refractivity contribution in [1.29, 1.82) is 0 Å². The van der Waals surface area contributed by atoms with Gasteiger partial charge >= 0.3 is 0 Å². The fourth-order valence-corrected chi connectivity index (χ4v) is 24.7. The molecular formula is C72H112N8O8. The molecule has 17 rings (SSSR count). The molecule has 1 aliphatic heterocycles. The summed E-state index contributed by atoms with van der Waals surface area (Å²) < 4.78 is 0. The summed E-state index contributed by atoms with van der Waals surface area (Å²) in [5.74, 6) is 4.55. The second-order valence-corrected chi connectivity index (χ2v) is 33.8. The Morgan fingerprint density at radius 3 is 0.409 bits per heavy atom. The second kappa shape index (κ2) is 25.3. The number of rotatable bonds is 0. The van der Waals surface area contributed by atoms with Crippen LogP contribution in [0.15, 0.2) is 0 Å². The van der Waals surface area contributed by atoms with E-state index in [9.17, 15) is 38.4 Å². The summed E-state index contributed by atoms with van der Waals surface area (Å²) >= 11 is 0. The molecule has 0 radical (unpaired) electrons. The average molecular weight is 1220 g/mol. The zero-order chi connectivity index (χ0) is 60.8. The van der Waals surface area contributed by atoms with Crippen LogP contribution in [-0.2, 0) is 38.4 Å². The van der Waals surface area contributed by atoms with E-state index in [-0.39, 0.29) is 47.3 Å². The summed E-state index contributed by atoms with van der Waals surface area (Å²) in [6, 6.07) is 0. The zero-order valence-electron chi connectivity index (χ0n) is 53.8. The summed E-state index contributed by atoms with van der Waals surface area (Å²) in [6.45, 7) is 5.06. The highest BCUT2D eigenvalue weighted by Crippen LogP contribution is 2.69. The van der Waals surface area contributed by atoms with Gasteiger partial charge < -0.3 is 42.5 Å². The molecule has 8 spiro atoms. The summed E-state index contributed by atoms with van der Waals surface area (Å²) in [7, 11) is 0. The molecule has 16 saturated carbocycles. The van der Waals surface area contributed by atoms with Gasteiger partial charge in [-0.15, -0.1) is 0 Å². The molecule has 0 aromatic heterocycles. The maximum absolute atomic E-state index is 14.1. The number of amides is 8. The summed E-state index contributed by atoms with van der Waals surface area (Å²) in [6.07, 6.45) is 36.3. The summed E-state index contributed by atoms with van der Waals surface area (Å²) in [5.41, 5.74) is -3.64. The van der Waals surface area contributed by atoms with E-state index in [4.69, 9.17) is 0 Å². The molecule has 1 heterocycles. The summed E-state index contributed by atoms with van der Waals surface area (Å²) in [4.78, 5) is 113. The van der Waals surface area contributed by atoms with E-state index in [1.54, 1.807) is 0 Å². The fraction of sp³-hybridized carbons (Fsp3) is 0.889. The van der Waals surface area contributed by atoms with Gasteiger partial charge in [0.1, 0.15) is 0 Å². The lowest BCUT2D eigenvalue weighted by Crippen LogP contribution is -2.61. The molecule has 1 saturated heterocycles. The Kier molecular flexibility index (Phi) is 18.0. The first-order valence-corrected chi connectivity index (χ1v) is 36.7. The number of hydrogen-bond acceptors (Lipinski definition) is 8. The molecule has 17 aliphatic rings. The van der Waals surface area contributed by atoms with Crippen LogP contribution in [0.4, 0.5) is 0 Å². The molecular weight excluding hydrogens is 1100 g/mol. The number of nitrogens with one attached hydrogen (secondary N) is 8. The van der Waals surface area contributed by atoms with Crippen molar-refractivity contribution in [3.8, 4) is 0 Å². The molecule has 17 fully saturated rings. The lowest BCUT2D eigenvalue weighted by Gasteiger charge is -2.60. The van der Waals surface area contributed by atoms with E-state index < -0.39 is 43.3 Å². The van der Waals surface area contributed by atoms with Crippen LogP contribution in [0.1, 0.15) is 257 Å². The van der Waals surface area contributed by atoms with Crippen LogP contribution >= 0.6 is 0 Å². The normalized spacial score (nSPS) is 45.3. The fourth-order valence-electron chi connectivity index (χ4n) is 24.7. The first kappa shape index (κ1) is 62.6. The van der Waals surface area contributed by atoms with Crippen molar-refractivity contribution in [2.75, 3.05) is 52.4 Å². The Hall–Kier alpha value is -4.24. The maximum atomic E-state index is 14.1. The standard InChI is InChI=1S/C72H112N8O8/c81-57-65-29-49-25-50(30-65)34-67(33-49,45-65)59(83)75-19-11-3-4-13-21-77-61(85)69-37-53-27-54(38-69)42-71(41-53,47-69)63(87)79-23-15-7-8-16-24-80-64(88)72-43-55-28-56(44-72)40-70(39-55,48-72)62(86)78-22-14-6-5-12-20-76-60(84)68-35-51-26-52(36-68)32-66(31-51,46-68)58(82)74-18-10-2-1-9-17-73-57/h49-56H,1-48H2,(H,73,81)(H,74,82)(H,75,83)(H,76,84)(H,77,85)(H,78,86)(H,79,87)(H,80,88). The van der Waals surface area contributed by atoms with Gasteiger partial charge in [-0.25, -0.2) is 0 Å². The van der Waals surface area contributed by atoms with Crippen molar-refractivity contribution in [3.05, 3.63) is 0 Å². The summed E-state index contributed by atoms with van der Waals surface area (Å²) in [5, 5.41) is 26.7. The van der Waals surface area contributed by atoms with E-state index >= 15 is 0 Å². The number of carbonyl (C=O) groups is 8. The largest absolute Gasteiger partial charge is 0.356 e. The Bertz CT molecular complexity index is 2090. The molecule has 0 aromatic rings. The molecule has 8 N–H and O–H groups in total. The van der Waals surface area contributed by atoms with E-state index in [0.717, 1.165) is 231 Å². The SMILES string of the molecule is O=C1NCCCCCCNC(=O)C23CC4CC(C2)CC(C4)(C3)C(=O)NCCCCCCNC(=O)C23CC4CC(C2)CC(C4)(C3)C(=O)NCCCCCCNC(=O)C23CC4CC(CC(C4)(C2)C(=O)NCCCCCCNC(=O)C24CC5CC(CC1(C5)C2)C4)C3. The van der Waals surface area contributed by atoms with Gasteiger partial charge in [0.15, 0.2) is 0 Å². The van der Waals surface area contributed by atoms with E-state index in [0.29, 0.717) is 125 Å². The Morgan fingerprint density at radius 2 is 0.295 bits per heavy atom. The van der Waals surface area contributed by atoms with Crippen molar-refractivity contribution in [2.24, 2.45) is 90.7 Å². The van der Waals surface area contributed by atoms with Gasteiger partial charge in [-0.3, -0.25) is 38.4 Å². The Morgan fingerprint density at radius 1 is 0.182 bits per heavy atom. The topological polar surface area (TPSA) is 233 Å². The van der Waals surface area contributed by atoms with E-state index in [1.165, 1.54) is 0 Å². The van der Waals surface area contributed by atoms with E-state index in [1.807, 2.05) is 0 Å². The minimum absolute atomic E-state index is 0.147. The second-order valence-electron chi connectivity index (χ2n) is 33.8. The molecule has 488 valence electrons. The molecule has 16 heteroatoms. The van der Waals surface area contributed by atoms with Crippen molar-refractivity contribution in [2.45, 2.75) is 257 Å². The van der Waals surface area contributed by atoms with Gasteiger partial charge in [-0.2, -0.15) is 0 Å². The van der Waals surface area contributed by atoms with Crippen molar-refractivity contribution in [1.82, 2.24) is 42.5 Å². The quantitative estimate of drug-likeness (QED) is 0.116. The molecule has 16 aliphatic carbocycles. The van der Waals surface area contributed by atoms with Crippen molar-refractivity contribution >= 4 is 47.3 Å². The smallest absolute Gasteiger partial charge is 0.226 e. The van der Waals surface area contributed by atoms with Crippen LogP contribution in [0.25, 0.3) is 0 Å². The third-order valence-corrected chi connectivity index (χ3v) is 26.8. The van der Waals surface area contributed by atoms with Gasteiger partial charge in [0.05, 0.1) is 43.3 Å². The molecule has 0 aromatic carbocycles. The number of carbonyl (C=O) groups excluding carboxylic acids is 8. The van der Waals surface area contributed by atoms with Crippen LogP contribution in [0.3, 0.4) is 0 Å². The third kappa shape index (κ3) is 12.4. The van der Waals surface area contributed by atoms with Gasteiger partial charge in [0, 0.05) is 52.4 Å². The minimum atomic E-state index is -0.455. The van der Waals surface area contributed by atoms with Gasteiger partial charge in [-0.1, -0.05) is 51.4 Å². The van der Waals surface area contributed by atoms with Crippen LogP contribution in [0, 0.1) is 90.7 Å². The molecule has 16 bridgehead atoms. The highest BCUT2D eigenvalue weighted by molar-refractivity contribution is 5.91. The lowest BCUT2D eigenvalue weighted by molar-refractivity contribution is -0.168. The van der Waals surface area contributed by atoms with E-state index in [2.05, 4.69) is 42.5 Å². The third-order valence-electron chi connectivity index (χ3n) is 26.8. The predicted octanol–water partition coefficient (Wildman–Crippen LogP) is 9.52. The first-order valence-electron chi connectivity index (χ1n) is 36.7. The molecule has 88 heavy (non-hydrogen) atoms. The Balaban J connectivity index is 0.590. The Labute approximate surface area is 525 Å². The zero-order valence-corrected chi connectivity index (χ0v) is 53.8. The molecule has 8 amide bonds. The molecule has 0 unspecified atom stereocenters. The number of hydrogen-bond donors (Lipinski definition) is 8. The highest BCUT2D eigenvalue weighted by Gasteiger charge is 2.67. The van der Waals surface area contributed by atoms with Gasteiger partial charge in [-0.05, 0) is 253 Å². The van der Waals surface area contributed by atoms with Crippen molar-refractivity contribution < 1.29 is 38.4 Å². The monoisotopic (exact) mass is 1220 g/mol. The van der Waals surface area contributed by atoms with Crippen LogP contribution in [0.2, 0.25) is 0 Å². The van der Waals surface area contributed by atoms with Gasteiger partial charge in [0.2, 0.25) is 47.3 Å². The van der Waals surface area contributed by atoms with Crippen LogP contribution < -0.4 is 42.5 Å². The lowest BCUT2D eigenvalue weighted by atomic mass is 9.43. The molecule has 16 nitrogen and oxygen atoms in total. The minimum Gasteiger partial charge on any atom is -0.356 e. The van der Waals surface area contributed by atoms with Crippen molar-refractivity contribution in [3.63, 3.8) is 0 Å². The van der Waals surface area contributed by atoms with Crippen LogP contribution in [0.5, 0.6) is 0 Å². The maximum Gasteiger partial charge on any atom is 0.226 e. The van der Waals surface area contributed by atoms with Gasteiger partial charge in [0.25, 0.3) is 0 Å². The van der Waals surface area contributed by atoms with Crippen LogP contribution in [-0.4, -0.2) is 99.6 Å². The highest BCUT2D eigenvalue weighted by atomic mass is 16.2. The average Bonchev–Trinajstić information content (AvgIpc) is 1.01. The molecule has 0 atom stereocenters. The predicted molar refractivity (Wildman–Crippen MR) is 336 cm³/mol. The first-order chi connectivity index (χ1) is 42.5.